The molecule has 0 spiro atoms. The summed E-state index contributed by atoms with van der Waals surface area (Å²) >= 11 is 0. The molecule has 94 valence electrons. The maximum Gasteiger partial charge on any atom is 0.220 e. The van der Waals surface area contributed by atoms with Crippen LogP contribution in [-0.2, 0) is 4.79 Å². The summed E-state index contributed by atoms with van der Waals surface area (Å²) in [5.41, 5.74) is -0.763. The Bertz CT molecular complexity index is 225. The second-order valence-corrected chi connectivity index (χ2v) is 4.78. The molecule has 1 heterocycles. The Morgan fingerprint density at radius 2 is 2.31 bits per heavy atom. The number of rotatable bonds is 6. The molecule has 1 saturated heterocycles. The number of unbranched alkanes of at least 4 members (excludes halogenated alkanes) is 2. The molecule has 1 rings (SSSR count). The van der Waals surface area contributed by atoms with Crippen LogP contribution in [0.25, 0.3) is 0 Å². The summed E-state index contributed by atoms with van der Waals surface area (Å²) in [7, 11) is 0. The van der Waals surface area contributed by atoms with Crippen LogP contribution in [0, 0.1) is 0 Å². The lowest BCUT2D eigenvalue weighted by Gasteiger charge is -2.29. The normalized spacial score (nSPS) is 26.7. The molecule has 0 saturated carbocycles. The van der Waals surface area contributed by atoms with Gasteiger partial charge in [-0.15, -0.1) is 0 Å². The molecule has 0 aromatic rings. The fourth-order valence-electron chi connectivity index (χ4n) is 2.05. The lowest BCUT2D eigenvalue weighted by Crippen LogP contribution is -2.52. The summed E-state index contributed by atoms with van der Waals surface area (Å²) in [5.74, 6) is 0.0567. The highest BCUT2D eigenvalue weighted by atomic mass is 16.3. The van der Waals surface area contributed by atoms with Crippen molar-refractivity contribution in [2.75, 3.05) is 13.1 Å². The molecule has 1 fully saturated rings. The number of carbonyl (C=O) groups is 1. The Morgan fingerprint density at radius 1 is 1.56 bits per heavy atom. The van der Waals surface area contributed by atoms with Crippen molar-refractivity contribution < 1.29 is 9.90 Å². The number of β-amino-alcohol motifs (C(OH)–C–C–N with tert-alkyl or cyclic N) is 1. The summed E-state index contributed by atoms with van der Waals surface area (Å²) in [6.07, 6.45) is 4.43. The molecule has 0 aliphatic carbocycles. The maximum absolute atomic E-state index is 11.6. The van der Waals surface area contributed by atoms with E-state index in [0.717, 1.165) is 25.8 Å². The van der Waals surface area contributed by atoms with E-state index in [-0.39, 0.29) is 11.9 Å². The van der Waals surface area contributed by atoms with Crippen molar-refractivity contribution in [3.63, 3.8) is 0 Å². The van der Waals surface area contributed by atoms with Gasteiger partial charge in [-0.05, 0) is 26.3 Å². The predicted molar refractivity (Wildman–Crippen MR) is 64.2 cm³/mol. The fraction of sp³-hybridized carbons (Fsp3) is 0.917. The zero-order valence-corrected chi connectivity index (χ0v) is 10.4. The van der Waals surface area contributed by atoms with Crippen molar-refractivity contribution in [1.82, 2.24) is 10.6 Å². The third-order valence-electron chi connectivity index (χ3n) is 3.36. The van der Waals surface area contributed by atoms with E-state index in [1.807, 2.05) is 6.92 Å². The molecule has 2 atom stereocenters. The number of carbonyl (C=O) groups excluding carboxylic acids is 1. The van der Waals surface area contributed by atoms with Crippen LogP contribution in [0.15, 0.2) is 0 Å². The van der Waals surface area contributed by atoms with Gasteiger partial charge in [0, 0.05) is 13.0 Å². The van der Waals surface area contributed by atoms with Crippen LogP contribution in [0.1, 0.15) is 46.0 Å². The van der Waals surface area contributed by atoms with Gasteiger partial charge in [0.2, 0.25) is 5.91 Å². The van der Waals surface area contributed by atoms with Gasteiger partial charge >= 0.3 is 0 Å². The largest absolute Gasteiger partial charge is 0.386 e. The minimum atomic E-state index is -0.763. The summed E-state index contributed by atoms with van der Waals surface area (Å²) in [6.45, 7) is 5.40. The van der Waals surface area contributed by atoms with Crippen LogP contribution in [0.5, 0.6) is 0 Å². The van der Waals surface area contributed by atoms with Crippen LogP contribution in [0.3, 0.4) is 0 Å². The van der Waals surface area contributed by atoms with Crippen molar-refractivity contribution in [3.05, 3.63) is 0 Å². The van der Waals surface area contributed by atoms with Crippen molar-refractivity contribution in [2.45, 2.75) is 57.6 Å². The van der Waals surface area contributed by atoms with E-state index < -0.39 is 5.60 Å². The molecule has 0 aromatic carbocycles. The predicted octanol–water partition coefficient (Wildman–Crippen LogP) is 0.796. The van der Waals surface area contributed by atoms with Crippen LogP contribution >= 0.6 is 0 Å². The molecule has 4 nitrogen and oxygen atoms in total. The molecule has 3 N–H and O–H groups in total. The molecule has 0 bridgehead atoms. The van der Waals surface area contributed by atoms with E-state index >= 15 is 0 Å². The molecule has 1 aliphatic rings. The molecule has 1 amide bonds. The zero-order valence-electron chi connectivity index (χ0n) is 10.4. The minimum Gasteiger partial charge on any atom is -0.386 e. The number of hydrogen-bond donors (Lipinski definition) is 3. The standard InChI is InChI=1S/C12H24N2O2/c1-3-4-5-6-11(15)14-10(2)12(16)7-8-13-9-12/h10,13,16H,3-9H2,1-2H3,(H,14,15). The summed E-state index contributed by atoms with van der Waals surface area (Å²) in [4.78, 5) is 11.6. The van der Waals surface area contributed by atoms with Gasteiger partial charge in [0.25, 0.3) is 0 Å². The van der Waals surface area contributed by atoms with Crippen molar-refractivity contribution in [3.8, 4) is 0 Å². The Hall–Kier alpha value is -0.610. The smallest absolute Gasteiger partial charge is 0.220 e. The number of aliphatic hydroxyl groups is 1. The van der Waals surface area contributed by atoms with E-state index in [1.165, 1.54) is 0 Å². The average Bonchev–Trinajstić information content (AvgIpc) is 2.67. The first-order chi connectivity index (χ1) is 7.58. The number of amides is 1. The second-order valence-electron chi connectivity index (χ2n) is 4.78. The Morgan fingerprint density at radius 3 is 2.88 bits per heavy atom. The zero-order chi connectivity index (χ0) is 12.0. The number of nitrogens with one attached hydrogen (secondary N) is 2. The molecule has 16 heavy (non-hydrogen) atoms. The highest BCUT2D eigenvalue weighted by molar-refractivity contribution is 5.76. The Kier molecular flexibility index (Phi) is 5.22. The van der Waals surface area contributed by atoms with E-state index in [4.69, 9.17) is 0 Å². The van der Waals surface area contributed by atoms with Gasteiger partial charge in [-0.1, -0.05) is 19.8 Å². The highest BCUT2D eigenvalue weighted by Crippen LogP contribution is 2.18. The van der Waals surface area contributed by atoms with E-state index in [1.54, 1.807) is 0 Å². The van der Waals surface area contributed by atoms with Gasteiger partial charge in [-0.25, -0.2) is 0 Å². The maximum atomic E-state index is 11.6. The summed E-state index contributed by atoms with van der Waals surface area (Å²) < 4.78 is 0. The Labute approximate surface area is 97.8 Å². The lowest BCUT2D eigenvalue weighted by atomic mass is 9.94. The third kappa shape index (κ3) is 3.76. The topological polar surface area (TPSA) is 61.4 Å². The van der Waals surface area contributed by atoms with Gasteiger partial charge in [0.15, 0.2) is 0 Å². The van der Waals surface area contributed by atoms with Crippen LogP contribution in [-0.4, -0.2) is 35.7 Å². The molecular weight excluding hydrogens is 204 g/mol. The summed E-state index contributed by atoms with van der Waals surface area (Å²) in [5, 5.41) is 16.2. The van der Waals surface area contributed by atoms with Gasteiger partial charge in [0.05, 0.1) is 11.6 Å². The van der Waals surface area contributed by atoms with Gasteiger partial charge in [0.1, 0.15) is 0 Å². The van der Waals surface area contributed by atoms with Crippen molar-refractivity contribution in [2.24, 2.45) is 0 Å². The summed E-state index contributed by atoms with van der Waals surface area (Å²) in [6, 6.07) is -0.170. The third-order valence-corrected chi connectivity index (χ3v) is 3.36. The van der Waals surface area contributed by atoms with Crippen LogP contribution in [0.2, 0.25) is 0 Å². The molecule has 4 heteroatoms. The SMILES string of the molecule is CCCCCC(=O)NC(C)C1(O)CCNC1. The van der Waals surface area contributed by atoms with Gasteiger partial charge in [-0.2, -0.15) is 0 Å². The molecular formula is C12H24N2O2. The van der Waals surface area contributed by atoms with E-state index in [2.05, 4.69) is 17.6 Å². The van der Waals surface area contributed by atoms with Gasteiger partial charge < -0.3 is 15.7 Å². The Balaban J connectivity index is 2.27. The highest BCUT2D eigenvalue weighted by Gasteiger charge is 2.37. The average molecular weight is 228 g/mol. The van der Waals surface area contributed by atoms with E-state index in [9.17, 15) is 9.90 Å². The second kappa shape index (κ2) is 6.21. The minimum absolute atomic E-state index is 0.0567. The van der Waals surface area contributed by atoms with Gasteiger partial charge in [-0.3, -0.25) is 4.79 Å². The lowest BCUT2D eigenvalue weighted by molar-refractivity contribution is -0.123. The monoisotopic (exact) mass is 228 g/mol. The number of hydrogen-bond acceptors (Lipinski definition) is 3. The van der Waals surface area contributed by atoms with Crippen molar-refractivity contribution in [1.29, 1.82) is 0 Å². The van der Waals surface area contributed by atoms with Crippen LogP contribution in [0.4, 0.5) is 0 Å². The van der Waals surface area contributed by atoms with E-state index in [0.29, 0.717) is 19.4 Å². The fourth-order valence-corrected chi connectivity index (χ4v) is 2.05. The van der Waals surface area contributed by atoms with Crippen LogP contribution < -0.4 is 10.6 Å². The quantitative estimate of drug-likeness (QED) is 0.589. The van der Waals surface area contributed by atoms with Crippen molar-refractivity contribution >= 4 is 5.91 Å². The first-order valence-electron chi connectivity index (χ1n) is 6.31. The molecule has 2 unspecified atom stereocenters. The first kappa shape index (κ1) is 13.5. The molecule has 0 radical (unpaired) electrons. The molecule has 0 aromatic heterocycles. The molecule has 1 aliphatic heterocycles. The first-order valence-corrected chi connectivity index (χ1v) is 6.31.